The fourth-order valence-corrected chi connectivity index (χ4v) is 3.80. The van der Waals surface area contributed by atoms with Gasteiger partial charge in [0, 0.05) is 37.7 Å². The van der Waals surface area contributed by atoms with Gasteiger partial charge in [-0.15, -0.1) is 0 Å². The summed E-state index contributed by atoms with van der Waals surface area (Å²) >= 11 is 0. The van der Waals surface area contributed by atoms with Gasteiger partial charge in [0.15, 0.2) is 6.61 Å². The Morgan fingerprint density at radius 2 is 2.09 bits per heavy atom. The van der Waals surface area contributed by atoms with Crippen LogP contribution in [-0.2, 0) is 28.0 Å². The average Bonchev–Trinajstić information content (AvgIpc) is 3.14. The van der Waals surface area contributed by atoms with Crippen LogP contribution in [-0.4, -0.2) is 45.7 Å². The number of nitrogens with one attached hydrogen (secondary N) is 2. The quantitative estimate of drug-likeness (QED) is 0.498. The third-order valence-electron chi connectivity index (χ3n) is 5.36. The molecule has 1 aliphatic heterocycles. The molecule has 0 spiro atoms. The second-order valence-electron chi connectivity index (χ2n) is 7.67. The van der Waals surface area contributed by atoms with Crippen LogP contribution < -0.4 is 20.1 Å². The van der Waals surface area contributed by atoms with Gasteiger partial charge in [0.25, 0.3) is 5.91 Å². The maximum Gasteiger partial charge on any atom is 0.258 e. The largest absolute Gasteiger partial charge is 0.482 e. The number of para-hydroxylation sites is 1. The molecule has 10 nitrogen and oxygen atoms in total. The molecule has 172 valence electrons. The lowest BCUT2D eigenvalue weighted by Crippen LogP contribution is -2.39. The summed E-state index contributed by atoms with van der Waals surface area (Å²) in [5.74, 6) is -0.384. The second kappa shape index (κ2) is 9.68. The first-order valence-electron chi connectivity index (χ1n) is 10.7. The summed E-state index contributed by atoms with van der Waals surface area (Å²) in [6.45, 7) is 2.57. The summed E-state index contributed by atoms with van der Waals surface area (Å²) in [4.78, 5) is 40.3. The van der Waals surface area contributed by atoms with E-state index in [4.69, 9.17) is 9.47 Å². The summed E-state index contributed by atoms with van der Waals surface area (Å²) in [5, 5.41) is 10.4. The van der Waals surface area contributed by atoms with Gasteiger partial charge in [-0.2, -0.15) is 5.10 Å². The molecule has 3 amide bonds. The van der Waals surface area contributed by atoms with E-state index in [0.717, 1.165) is 10.9 Å². The molecule has 1 atom stereocenters. The van der Waals surface area contributed by atoms with Crippen molar-refractivity contribution in [2.45, 2.75) is 32.2 Å². The molecule has 0 radical (unpaired) electrons. The number of aryl methyl sites for hydroxylation is 1. The van der Waals surface area contributed by atoms with Gasteiger partial charge >= 0.3 is 0 Å². The smallest absolute Gasteiger partial charge is 0.258 e. The first kappa shape index (κ1) is 22.3. The van der Waals surface area contributed by atoms with Crippen molar-refractivity contribution in [1.82, 2.24) is 25.4 Å². The van der Waals surface area contributed by atoms with Crippen LogP contribution >= 0.6 is 0 Å². The van der Waals surface area contributed by atoms with Crippen molar-refractivity contribution in [2.75, 3.05) is 13.2 Å². The van der Waals surface area contributed by atoms with Crippen molar-refractivity contribution in [3.8, 4) is 11.6 Å². The molecule has 10 heteroatoms. The lowest BCUT2D eigenvalue weighted by Gasteiger charge is -2.19. The van der Waals surface area contributed by atoms with E-state index in [1.165, 1.54) is 0 Å². The van der Waals surface area contributed by atoms with Gasteiger partial charge in [-0.3, -0.25) is 24.4 Å². The molecular weight excluding hydrogens is 426 g/mol. The SMILES string of the molecule is CCOc1ccc(CNC(=O)COc2cccc3c(C4CCC(=O)NC4=O)nn(C)c23)cn1. The number of rotatable bonds is 8. The molecule has 33 heavy (non-hydrogen) atoms. The number of pyridine rings is 1. The number of amides is 3. The molecule has 0 aliphatic carbocycles. The highest BCUT2D eigenvalue weighted by Gasteiger charge is 2.32. The predicted molar refractivity (Wildman–Crippen MR) is 119 cm³/mol. The normalized spacial score (nSPS) is 15.9. The van der Waals surface area contributed by atoms with E-state index in [1.54, 1.807) is 36.1 Å². The second-order valence-corrected chi connectivity index (χ2v) is 7.67. The summed E-state index contributed by atoms with van der Waals surface area (Å²) in [6.07, 6.45) is 2.33. The van der Waals surface area contributed by atoms with E-state index in [1.807, 2.05) is 19.1 Å². The zero-order chi connectivity index (χ0) is 23.4. The molecule has 2 aromatic heterocycles. The Bertz CT molecular complexity index is 1190. The molecule has 4 rings (SSSR count). The number of benzene rings is 1. The number of nitrogens with zero attached hydrogens (tertiary/aromatic N) is 3. The molecule has 1 saturated heterocycles. The van der Waals surface area contributed by atoms with Crippen LogP contribution in [0.3, 0.4) is 0 Å². The highest BCUT2D eigenvalue weighted by atomic mass is 16.5. The minimum atomic E-state index is -0.507. The minimum Gasteiger partial charge on any atom is -0.482 e. The third kappa shape index (κ3) is 4.94. The molecule has 0 bridgehead atoms. The van der Waals surface area contributed by atoms with Gasteiger partial charge in [0.05, 0.1) is 18.2 Å². The van der Waals surface area contributed by atoms with Gasteiger partial charge in [-0.1, -0.05) is 18.2 Å². The van der Waals surface area contributed by atoms with Crippen LogP contribution in [0.15, 0.2) is 36.5 Å². The number of hydrogen-bond acceptors (Lipinski definition) is 7. The summed E-state index contributed by atoms with van der Waals surface area (Å²) < 4.78 is 12.7. The molecular formula is C23H25N5O5. The van der Waals surface area contributed by atoms with E-state index < -0.39 is 5.92 Å². The number of hydrogen-bond donors (Lipinski definition) is 2. The standard InChI is InChI=1S/C23H25N5O5/c1-3-32-20-10-7-14(12-25-20)11-24-19(30)13-33-17-6-4-5-15-21(27-28(2)22(15)17)16-8-9-18(29)26-23(16)31/h4-7,10,12,16H,3,8-9,11,13H2,1-2H3,(H,24,30)(H,26,29,31). The van der Waals surface area contributed by atoms with Crippen molar-refractivity contribution >= 4 is 28.6 Å². The van der Waals surface area contributed by atoms with Crippen molar-refractivity contribution in [1.29, 1.82) is 0 Å². The minimum absolute atomic E-state index is 0.178. The van der Waals surface area contributed by atoms with Crippen LogP contribution in [0.2, 0.25) is 0 Å². The molecule has 1 fully saturated rings. The highest BCUT2D eigenvalue weighted by Crippen LogP contribution is 2.34. The molecule has 1 aliphatic rings. The fourth-order valence-electron chi connectivity index (χ4n) is 3.80. The summed E-state index contributed by atoms with van der Waals surface area (Å²) in [7, 11) is 1.75. The number of piperidine rings is 1. The average molecular weight is 451 g/mol. The van der Waals surface area contributed by atoms with E-state index in [9.17, 15) is 14.4 Å². The zero-order valence-electron chi connectivity index (χ0n) is 18.5. The van der Waals surface area contributed by atoms with Crippen LogP contribution in [0.1, 0.15) is 36.9 Å². The van der Waals surface area contributed by atoms with Crippen molar-refractivity contribution in [3.05, 3.63) is 47.8 Å². The number of ether oxygens (including phenoxy) is 2. The fraction of sp³-hybridized carbons (Fsp3) is 0.348. The van der Waals surface area contributed by atoms with Crippen LogP contribution in [0, 0.1) is 0 Å². The molecule has 3 heterocycles. The first-order chi connectivity index (χ1) is 16.0. The number of fused-ring (bicyclic) bond motifs is 1. The maximum absolute atomic E-state index is 12.3. The number of aromatic nitrogens is 3. The first-order valence-corrected chi connectivity index (χ1v) is 10.7. The van der Waals surface area contributed by atoms with Gasteiger partial charge in [0.2, 0.25) is 17.7 Å². The molecule has 2 N–H and O–H groups in total. The van der Waals surface area contributed by atoms with E-state index in [2.05, 4.69) is 20.7 Å². The Balaban J connectivity index is 1.41. The Labute approximate surface area is 190 Å². The molecule has 3 aromatic rings. The molecule has 1 unspecified atom stereocenters. The molecule has 1 aromatic carbocycles. The lowest BCUT2D eigenvalue weighted by molar-refractivity contribution is -0.134. The Morgan fingerprint density at radius 3 is 2.82 bits per heavy atom. The summed E-state index contributed by atoms with van der Waals surface area (Å²) in [5.41, 5.74) is 2.12. The lowest BCUT2D eigenvalue weighted by atomic mass is 9.93. The highest BCUT2D eigenvalue weighted by molar-refractivity contribution is 6.03. The van der Waals surface area contributed by atoms with Crippen molar-refractivity contribution < 1.29 is 23.9 Å². The summed E-state index contributed by atoms with van der Waals surface area (Å²) in [6, 6.07) is 8.99. The van der Waals surface area contributed by atoms with E-state index >= 15 is 0 Å². The third-order valence-corrected chi connectivity index (χ3v) is 5.36. The maximum atomic E-state index is 12.3. The Morgan fingerprint density at radius 1 is 1.24 bits per heavy atom. The van der Waals surface area contributed by atoms with Gasteiger partial charge < -0.3 is 14.8 Å². The van der Waals surface area contributed by atoms with Crippen LogP contribution in [0.4, 0.5) is 0 Å². The van der Waals surface area contributed by atoms with Crippen molar-refractivity contribution in [3.63, 3.8) is 0 Å². The number of carbonyl (C=O) groups is 3. The molecule has 0 saturated carbocycles. The zero-order valence-corrected chi connectivity index (χ0v) is 18.5. The Hall–Kier alpha value is -3.95. The van der Waals surface area contributed by atoms with Crippen LogP contribution in [0.5, 0.6) is 11.6 Å². The van der Waals surface area contributed by atoms with Gasteiger partial charge in [-0.25, -0.2) is 4.98 Å². The number of imide groups is 1. The van der Waals surface area contributed by atoms with E-state index in [0.29, 0.717) is 42.4 Å². The van der Waals surface area contributed by atoms with Gasteiger partial charge in [-0.05, 0) is 25.0 Å². The van der Waals surface area contributed by atoms with Gasteiger partial charge in [0.1, 0.15) is 11.3 Å². The van der Waals surface area contributed by atoms with Crippen molar-refractivity contribution in [2.24, 2.45) is 7.05 Å². The monoisotopic (exact) mass is 451 g/mol. The van der Waals surface area contributed by atoms with E-state index in [-0.39, 0.29) is 30.7 Å². The Kier molecular flexibility index (Phi) is 6.53. The van der Waals surface area contributed by atoms with Crippen LogP contribution in [0.25, 0.3) is 10.9 Å². The predicted octanol–water partition coefficient (Wildman–Crippen LogP) is 1.58. The number of carbonyl (C=O) groups excluding carboxylic acids is 3. The topological polar surface area (TPSA) is 124 Å².